The van der Waals surface area contributed by atoms with E-state index in [0.29, 0.717) is 48.0 Å². The van der Waals surface area contributed by atoms with E-state index < -0.39 is 0 Å². The highest BCUT2D eigenvalue weighted by Crippen LogP contribution is 2.32. The van der Waals surface area contributed by atoms with Crippen molar-refractivity contribution in [3.8, 4) is 0 Å². The van der Waals surface area contributed by atoms with Crippen molar-refractivity contribution in [2.45, 2.75) is 44.9 Å². The number of Topliss-reactive ketones (excluding diaryl/α,β-unsaturated/α-hetero) is 1. The third kappa shape index (κ3) is 2.44. The first-order valence-corrected chi connectivity index (χ1v) is 8.36. The minimum atomic E-state index is -0.0979. The molecular weight excluding hydrogens is 310 g/mol. The molecule has 0 spiro atoms. The smallest absolute Gasteiger partial charge is 0.258 e. The van der Waals surface area contributed by atoms with Gasteiger partial charge >= 0.3 is 0 Å². The summed E-state index contributed by atoms with van der Waals surface area (Å²) >= 11 is 0. The average Bonchev–Trinajstić information content (AvgIpc) is 3.22. The van der Waals surface area contributed by atoms with Crippen LogP contribution >= 0.6 is 0 Å². The second kappa shape index (κ2) is 5.89. The van der Waals surface area contributed by atoms with Crippen molar-refractivity contribution in [1.29, 1.82) is 0 Å². The van der Waals surface area contributed by atoms with Crippen molar-refractivity contribution in [3.63, 3.8) is 0 Å². The summed E-state index contributed by atoms with van der Waals surface area (Å²) in [5.41, 5.74) is 0.983. The molecule has 0 N–H and O–H groups in total. The number of hydrogen-bond donors (Lipinski definition) is 0. The summed E-state index contributed by atoms with van der Waals surface area (Å²) in [5.74, 6) is 2.08. The molecule has 0 aromatic carbocycles. The summed E-state index contributed by atoms with van der Waals surface area (Å²) < 4.78 is 10.5. The normalized spacial score (nSPS) is 18.7. The second-order valence-electron chi connectivity index (χ2n) is 6.46. The predicted octanol–water partition coefficient (Wildman–Crippen LogP) is 2.51. The largest absolute Gasteiger partial charge is 0.465 e. The number of rotatable bonds is 2. The van der Waals surface area contributed by atoms with E-state index in [1.807, 2.05) is 0 Å². The summed E-state index contributed by atoms with van der Waals surface area (Å²) in [6.45, 7) is 3.00. The molecular formula is C17H19N3O4. The van der Waals surface area contributed by atoms with Gasteiger partial charge in [-0.15, -0.1) is 0 Å². The van der Waals surface area contributed by atoms with Crippen LogP contribution < -0.4 is 0 Å². The molecule has 2 aromatic rings. The highest BCUT2D eigenvalue weighted by atomic mass is 16.5. The number of furan rings is 1. The van der Waals surface area contributed by atoms with E-state index in [0.717, 1.165) is 25.7 Å². The molecule has 3 heterocycles. The Morgan fingerprint density at radius 3 is 2.79 bits per heavy atom. The Morgan fingerprint density at radius 1 is 1.29 bits per heavy atom. The van der Waals surface area contributed by atoms with Crippen LogP contribution in [-0.2, 0) is 6.42 Å². The van der Waals surface area contributed by atoms with E-state index in [4.69, 9.17) is 8.94 Å². The molecule has 1 fully saturated rings. The maximum Gasteiger partial charge on any atom is 0.258 e. The Labute approximate surface area is 139 Å². The number of ketones is 1. The minimum absolute atomic E-state index is 0.0260. The van der Waals surface area contributed by atoms with Crippen molar-refractivity contribution in [2.24, 2.45) is 0 Å². The summed E-state index contributed by atoms with van der Waals surface area (Å²) in [4.78, 5) is 31.1. The van der Waals surface area contributed by atoms with Gasteiger partial charge in [-0.25, -0.2) is 0 Å². The molecule has 7 nitrogen and oxygen atoms in total. The molecule has 0 unspecified atom stereocenters. The number of nitrogens with zero attached hydrogens (tertiary/aromatic N) is 3. The van der Waals surface area contributed by atoms with Crippen LogP contribution in [0.5, 0.6) is 0 Å². The lowest BCUT2D eigenvalue weighted by atomic mass is 9.91. The zero-order chi connectivity index (χ0) is 16.7. The first kappa shape index (κ1) is 15.1. The number of fused-ring (bicyclic) bond motifs is 1. The minimum Gasteiger partial charge on any atom is -0.465 e. The van der Waals surface area contributed by atoms with Crippen LogP contribution in [0, 0.1) is 6.92 Å². The van der Waals surface area contributed by atoms with Gasteiger partial charge in [-0.1, -0.05) is 5.16 Å². The van der Waals surface area contributed by atoms with Crippen LogP contribution in [0.1, 0.15) is 69.7 Å². The fourth-order valence-electron chi connectivity index (χ4n) is 3.72. The van der Waals surface area contributed by atoms with Crippen molar-refractivity contribution in [3.05, 3.63) is 34.9 Å². The Morgan fingerprint density at radius 2 is 2.08 bits per heavy atom. The van der Waals surface area contributed by atoms with Gasteiger partial charge in [-0.05, 0) is 26.2 Å². The number of likely N-dealkylation sites (tertiary alicyclic amines) is 1. The Balaban J connectivity index is 1.53. The Bertz CT molecular complexity index is 770. The molecule has 0 radical (unpaired) electrons. The molecule has 126 valence electrons. The van der Waals surface area contributed by atoms with Crippen LogP contribution in [0.2, 0.25) is 0 Å². The maximum absolute atomic E-state index is 13.0. The first-order valence-electron chi connectivity index (χ1n) is 8.36. The predicted molar refractivity (Wildman–Crippen MR) is 82.9 cm³/mol. The number of amides is 1. The van der Waals surface area contributed by atoms with E-state index in [1.54, 1.807) is 11.8 Å². The van der Waals surface area contributed by atoms with E-state index in [-0.39, 0.29) is 17.6 Å². The molecule has 1 amide bonds. The summed E-state index contributed by atoms with van der Waals surface area (Å²) in [6, 6.07) is 0. The molecule has 4 rings (SSSR count). The van der Waals surface area contributed by atoms with Gasteiger partial charge in [0.15, 0.2) is 11.6 Å². The second-order valence-corrected chi connectivity index (χ2v) is 6.46. The monoisotopic (exact) mass is 329 g/mol. The maximum atomic E-state index is 13.0. The van der Waals surface area contributed by atoms with Crippen molar-refractivity contribution in [2.75, 3.05) is 13.1 Å². The molecule has 1 aliphatic carbocycles. The third-order valence-corrected chi connectivity index (χ3v) is 4.98. The van der Waals surface area contributed by atoms with Gasteiger partial charge in [-0.3, -0.25) is 9.59 Å². The highest BCUT2D eigenvalue weighted by Gasteiger charge is 2.34. The summed E-state index contributed by atoms with van der Waals surface area (Å²) in [6.07, 6.45) is 4.93. The fourth-order valence-corrected chi connectivity index (χ4v) is 3.72. The number of carbonyl (C=O) groups excluding carboxylic acids is 2. The van der Waals surface area contributed by atoms with Gasteiger partial charge in [-0.2, -0.15) is 4.98 Å². The molecule has 1 aliphatic heterocycles. The molecule has 2 aromatic heterocycles. The Kier molecular flexibility index (Phi) is 3.70. The van der Waals surface area contributed by atoms with Crippen LogP contribution in [0.4, 0.5) is 0 Å². The quantitative estimate of drug-likeness (QED) is 0.841. The van der Waals surface area contributed by atoms with Gasteiger partial charge in [0.05, 0.1) is 11.1 Å². The number of aryl methyl sites for hydroxylation is 2. The zero-order valence-electron chi connectivity index (χ0n) is 13.6. The Hall–Kier alpha value is -2.44. The van der Waals surface area contributed by atoms with E-state index in [9.17, 15) is 9.59 Å². The summed E-state index contributed by atoms with van der Waals surface area (Å²) in [7, 11) is 0. The molecule has 1 saturated heterocycles. The number of carbonyl (C=O) groups is 2. The van der Waals surface area contributed by atoms with Gasteiger partial charge in [0.2, 0.25) is 6.39 Å². The van der Waals surface area contributed by atoms with E-state index in [2.05, 4.69) is 10.1 Å². The van der Waals surface area contributed by atoms with Crippen LogP contribution in [0.3, 0.4) is 0 Å². The van der Waals surface area contributed by atoms with E-state index in [1.165, 1.54) is 6.39 Å². The fraction of sp³-hybridized carbons (Fsp3) is 0.529. The molecule has 0 bridgehead atoms. The zero-order valence-corrected chi connectivity index (χ0v) is 13.6. The van der Waals surface area contributed by atoms with Crippen molar-refractivity contribution < 1.29 is 18.5 Å². The lowest BCUT2D eigenvalue weighted by Gasteiger charge is -2.30. The van der Waals surface area contributed by atoms with E-state index >= 15 is 0 Å². The standard InChI is InChI=1S/C17H19N3O4/c1-10-14(15-12(21)3-2-4-13(15)24-10)17(22)20-7-5-11(6-8-20)16-18-9-23-19-16/h9,11H,2-8H2,1H3. The molecule has 0 saturated carbocycles. The number of aromatic nitrogens is 2. The van der Waals surface area contributed by atoms with Gasteiger partial charge in [0.1, 0.15) is 11.5 Å². The van der Waals surface area contributed by atoms with Crippen molar-refractivity contribution >= 4 is 11.7 Å². The van der Waals surface area contributed by atoms with Gasteiger partial charge < -0.3 is 13.8 Å². The topological polar surface area (TPSA) is 89.4 Å². The van der Waals surface area contributed by atoms with Gasteiger partial charge in [0, 0.05) is 31.8 Å². The SMILES string of the molecule is Cc1oc2c(c1C(=O)N1CCC(c3ncon3)CC1)C(=O)CCC2. The molecule has 7 heteroatoms. The van der Waals surface area contributed by atoms with Crippen LogP contribution in [0.25, 0.3) is 0 Å². The lowest BCUT2D eigenvalue weighted by Crippen LogP contribution is -2.39. The lowest BCUT2D eigenvalue weighted by molar-refractivity contribution is 0.0704. The van der Waals surface area contributed by atoms with Crippen LogP contribution in [-0.4, -0.2) is 39.8 Å². The first-order chi connectivity index (χ1) is 11.6. The molecule has 24 heavy (non-hydrogen) atoms. The average molecular weight is 329 g/mol. The van der Waals surface area contributed by atoms with Crippen molar-refractivity contribution in [1.82, 2.24) is 15.0 Å². The highest BCUT2D eigenvalue weighted by molar-refractivity contribution is 6.10. The molecule has 0 atom stereocenters. The number of hydrogen-bond acceptors (Lipinski definition) is 6. The third-order valence-electron chi connectivity index (χ3n) is 4.98. The van der Waals surface area contributed by atoms with Gasteiger partial charge in [0.25, 0.3) is 5.91 Å². The molecule has 2 aliphatic rings. The number of piperidine rings is 1. The van der Waals surface area contributed by atoms with Crippen LogP contribution in [0.15, 0.2) is 15.3 Å². The summed E-state index contributed by atoms with van der Waals surface area (Å²) in [5, 5.41) is 3.89.